The van der Waals surface area contributed by atoms with Crippen LogP contribution in [0.3, 0.4) is 0 Å². The largest absolute Gasteiger partial charge is 0.437 e. The Hall–Kier alpha value is -2.21. The first-order valence-corrected chi connectivity index (χ1v) is 5.45. The molecule has 6 nitrogen and oxygen atoms in total. The first-order chi connectivity index (χ1) is 8.60. The number of nitrogens with one attached hydrogen (secondary N) is 1. The van der Waals surface area contributed by atoms with Crippen LogP contribution in [0.5, 0.6) is 11.6 Å². The summed E-state index contributed by atoms with van der Waals surface area (Å²) in [6.45, 7) is 1.87. The summed E-state index contributed by atoms with van der Waals surface area (Å²) in [7, 11) is 0. The summed E-state index contributed by atoms with van der Waals surface area (Å²) < 4.78 is 5.48. The zero-order valence-corrected chi connectivity index (χ0v) is 10.3. The van der Waals surface area contributed by atoms with Crippen LogP contribution in [0.15, 0.2) is 29.4 Å². The Morgan fingerprint density at radius 3 is 2.83 bits per heavy atom. The van der Waals surface area contributed by atoms with Crippen molar-refractivity contribution in [2.45, 2.75) is 6.92 Å². The SMILES string of the molecule is Cc1cc(Oc2ccc(/C(N)=N/O)c(Cl)c2)n[nH]1. The van der Waals surface area contributed by atoms with E-state index in [1.165, 1.54) is 0 Å². The molecule has 0 aliphatic rings. The average molecular weight is 267 g/mol. The van der Waals surface area contributed by atoms with E-state index in [4.69, 9.17) is 27.3 Å². The summed E-state index contributed by atoms with van der Waals surface area (Å²) >= 11 is 5.99. The zero-order valence-electron chi connectivity index (χ0n) is 9.51. The summed E-state index contributed by atoms with van der Waals surface area (Å²) in [6, 6.07) is 6.58. The number of amidine groups is 1. The molecule has 0 aliphatic heterocycles. The quantitative estimate of drug-likeness (QED) is 0.344. The Morgan fingerprint density at radius 1 is 1.50 bits per heavy atom. The van der Waals surface area contributed by atoms with Crippen molar-refractivity contribution in [3.05, 3.63) is 40.5 Å². The number of aromatic amines is 1. The number of benzene rings is 1. The molecule has 18 heavy (non-hydrogen) atoms. The normalized spacial score (nSPS) is 11.6. The summed E-state index contributed by atoms with van der Waals surface area (Å²) in [4.78, 5) is 0. The molecule has 0 fully saturated rings. The van der Waals surface area contributed by atoms with Gasteiger partial charge in [-0.05, 0) is 19.1 Å². The van der Waals surface area contributed by atoms with Crippen molar-refractivity contribution in [2.24, 2.45) is 10.9 Å². The minimum absolute atomic E-state index is 0.0536. The predicted molar refractivity (Wildman–Crippen MR) is 67.4 cm³/mol. The fourth-order valence-corrected chi connectivity index (χ4v) is 1.65. The monoisotopic (exact) mass is 266 g/mol. The summed E-state index contributed by atoms with van der Waals surface area (Å²) in [5, 5.41) is 18.5. The molecule has 0 unspecified atom stereocenters. The van der Waals surface area contributed by atoms with Crippen LogP contribution in [0.1, 0.15) is 11.3 Å². The minimum Gasteiger partial charge on any atom is -0.437 e. The number of ether oxygens (including phenoxy) is 1. The fourth-order valence-electron chi connectivity index (χ4n) is 1.39. The number of aryl methyl sites for hydroxylation is 1. The van der Waals surface area contributed by atoms with Crippen molar-refractivity contribution < 1.29 is 9.94 Å². The lowest BCUT2D eigenvalue weighted by molar-refractivity contribution is 0.318. The van der Waals surface area contributed by atoms with Crippen molar-refractivity contribution in [2.75, 3.05) is 0 Å². The van der Waals surface area contributed by atoms with Crippen LogP contribution < -0.4 is 10.5 Å². The minimum atomic E-state index is -0.0536. The maximum atomic E-state index is 8.58. The van der Waals surface area contributed by atoms with Crippen LogP contribution in [0.4, 0.5) is 0 Å². The molecule has 0 saturated carbocycles. The van der Waals surface area contributed by atoms with E-state index in [1.54, 1.807) is 24.3 Å². The maximum Gasteiger partial charge on any atom is 0.238 e. The molecule has 4 N–H and O–H groups in total. The molecule has 1 heterocycles. The van der Waals surface area contributed by atoms with E-state index in [9.17, 15) is 0 Å². The molecule has 0 amide bonds. The van der Waals surface area contributed by atoms with Gasteiger partial charge in [0.1, 0.15) is 5.75 Å². The molecule has 0 saturated heterocycles. The molecule has 0 bridgehead atoms. The van der Waals surface area contributed by atoms with Gasteiger partial charge in [0.15, 0.2) is 5.84 Å². The van der Waals surface area contributed by atoms with Crippen LogP contribution >= 0.6 is 11.6 Å². The van der Waals surface area contributed by atoms with Crippen molar-refractivity contribution in [3.63, 3.8) is 0 Å². The summed E-state index contributed by atoms with van der Waals surface area (Å²) in [5.41, 5.74) is 6.79. The molecule has 0 radical (unpaired) electrons. The Bertz CT molecular complexity index is 594. The number of rotatable bonds is 3. The van der Waals surface area contributed by atoms with Crippen LogP contribution in [0.2, 0.25) is 5.02 Å². The molecular weight excluding hydrogens is 256 g/mol. The first kappa shape index (κ1) is 12.3. The number of hydrogen-bond acceptors (Lipinski definition) is 4. The van der Waals surface area contributed by atoms with E-state index in [-0.39, 0.29) is 5.84 Å². The van der Waals surface area contributed by atoms with Gasteiger partial charge in [-0.1, -0.05) is 16.8 Å². The number of aromatic nitrogens is 2. The van der Waals surface area contributed by atoms with Crippen molar-refractivity contribution in [3.8, 4) is 11.6 Å². The molecule has 7 heteroatoms. The molecule has 0 atom stereocenters. The van der Waals surface area contributed by atoms with E-state index >= 15 is 0 Å². The second-order valence-corrected chi connectivity index (χ2v) is 4.03. The van der Waals surface area contributed by atoms with Crippen LogP contribution in [0, 0.1) is 6.92 Å². The highest BCUT2D eigenvalue weighted by Gasteiger charge is 2.08. The molecule has 2 rings (SSSR count). The van der Waals surface area contributed by atoms with Gasteiger partial charge >= 0.3 is 0 Å². The van der Waals surface area contributed by atoms with Gasteiger partial charge in [0.2, 0.25) is 5.88 Å². The van der Waals surface area contributed by atoms with Crippen molar-refractivity contribution in [1.82, 2.24) is 10.2 Å². The summed E-state index contributed by atoms with van der Waals surface area (Å²) in [5.74, 6) is 0.906. The van der Waals surface area contributed by atoms with Gasteiger partial charge in [-0.15, -0.1) is 5.10 Å². The molecule has 1 aromatic heterocycles. The van der Waals surface area contributed by atoms with E-state index in [0.717, 1.165) is 5.69 Å². The second kappa shape index (κ2) is 4.97. The highest BCUT2D eigenvalue weighted by molar-refractivity contribution is 6.34. The topological polar surface area (TPSA) is 96.5 Å². The standard InChI is InChI=1S/C11H11ClN4O2/c1-6-4-10(15-14-6)18-7-2-3-8(9(12)5-7)11(13)16-17/h2-5,17H,1H3,(H2,13,16)(H,14,15). The lowest BCUT2D eigenvalue weighted by atomic mass is 10.2. The van der Waals surface area contributed by atoms with E-state index in [1.807, 2.05) is 6.92 Å². The number of oxime groups is 1. The van der Waals surface area contributed by atoms with Gasteiger partial charge in [0.05, 0.1) is 5.02 Å². The Balaban J connectivity index is 2.24. The molecule has 1 aromatic carbocycles. The van der Waals surface area contributed by atoms with Gasteiger partial charge in [0.25, 0.3) is 0 Å². The Morgan fingerprint density at radius 2 is 2.28 bits per heavy atom. The van der Waals surface area contributed by atoms with Crippen molar-refractivity contribution >= 4 is 17.4 Å². The number of H-pyrrole nitrogens is 1. The first-order valence-electron chi connectivity index (χ1n) is 5.07. The number of halogens is 1. The third kappa shape index (κ3) is 2.54. The Kier molecular flexibility index (Phi) is 3.38. The van der Waals surface area contributed by atoms with E-state index in [2.05, 4.69) is 15.4 Å². The third-order valence-electron chi connectivity index (χ3n) is 2.23. The number of hydrogen-bond donors (Lipinski definition) is 3. The molecule has 94 valence electrons. The fraction of sp³-hybridized carbons (Fsp3) is 0.0909. The lowest BCUT2D eigenvalue weighted by Crippen LogP contribution is -2.13. The average Bonchev–Trinajstić information content (AvgIpc) is 2.74. The highest BCUT2D eigenvalue weighted by atomic mass is 35.5. The zero-order chi connectivity index (χ0) is 13.1. The summed E-state index contributed by atoms with van der Waals surface area (Å²) in [6.07, 6.45) is 0. The Labute approximate surface area is 108 Å². The number of nitrogens with zero attached hydrogens (tertiary/aromatic N) is 2. The van der Waals surface area contributed by atoms with Gasteiger partial charge in [-0.25, -0.2) is 0 Å². The van der Waals surface area contributed by atoms with Crippen molar-refractivity contribution in [1.29, 1.82) is 0 Å². The lowest BCUT2D eigenvalue weighted by Gasteiger charge is -2.05. The van der Waals surface area contributed by atoms with Crippen LogP contribution in [-0.4, -0.2) is 21.2 Å². The van der Waals surface area contributed by atoms with Gasteiger partial charge in [0, 0.05) is 23.4 Å². The van der Waals surface area contributed by atoms with E-state index in [0.29, 0.717) is 22.2 Å². The maximum absolute atomic E-state index is 8.58. The smallest absolute Gasteiger partial charge is 0.238 e. The number of nitrogens with two attached hydrogens (primary N) is 1. The van der Waals surface area contributed by atoms with Crippen LogP contribution in [-0.2, 0) is 0 Å². The van der Waals surface area contributed by atoms with Gasteiger partial charge < -0.3 is 15.7 Å². The molecule has 0 aliphatic carbocycles. The second-order valence-electron chi connectivity index (χ2n) is 3.62. The molecule has 0 spiro atoms. The van der Waals surface area contributed by atoms with Gasteiger partial charge in [-0.3, -0.25) is 5.10 Å². The molecular formula is C11H11ClN4O2. The third-order valence-corrected chi connectivity index (χ3v) is 2.54. The highest BCUT2D eigenvalue weighted by Crippen LogP contribution is 2.26. The van der Waals surface area contributed by atoms with Crippen LogP contribution in [0.25, 0.3) is 0 Å². The molecule has 2 aromatic rings. The van der Waals surface area contributed by atoms with Gasteiger partial charge in [-0.2, -0.15) is 0 Å². The van der Waals surface area contributed by atoms with E-state index < -0.39 is 0 Å². The predicted octanol–water partition coefficient (Wildman–Crippen LogP) is 2.26.